The fraction of sp³-hybridized carbons (Fsp3) is 0.118. The molecule has 0 unspecified atom stereocenters. The van der Waals surface area contributed by atoms with Gasteiger partial charge in [-0.05, 0) is 36.8 Å². The highest BCUT2D eigenvalue weighted by Gasteiger charge is 2.03. The van der Waals surface area contributed by atoms with E-state index in [9.17, 15) is 4.79 Å². The lowest BCUT2D eigenvalue weighted by Gasteiger charge is -2.10. The van der Waals surface area contributed by atoms with Crippen LogP contribution >= 0.6 is 0 Å². The third kappa shape index (κ3) is 5.03. The van der Waals surface area contributed by atoms with E-state index in [0.29, 0.717) is 18.0 Å². The molecule has 2 aromatic carbocycles. The molecule has 0 heterocycles. The number of nitrogens with one attached hydrogen (secondary N) is 2. The quantitative estimate of drug-likeness (QED) is 0.804. The minimum atomic E-state index is -0.293. The number of carbonyl (C=O) groups excluding carboxylic acids is 1. The molecule has 2 aromatic rings. The van der Waals surface area contributed by atoms with E-state index in [2.05, 4.69) is 17.2 Å². The van der Waals surface area contributed by atoms with Crippen molar-refractivity contribution in [2.75, 3.05) is 17.2 Å². The molecule has 0 fully saturated rings. The van der Waals surface area contributed by atoms with E-state index in [1.165, 1.54) is 0 Å². The van der Waals surface area contributed by atoms with Gasteiger partial charge in [0.2, 0.25) is 0 Å². The molecule has 0 aliphatic rings. The number of hydrogen-bond acceptors (Lipinski definition) is 2. The Bertz CT molecular complexity index is 624. The Morgan fingerprint density at radius 1 is 1.05 bits per heavy atom. The topological polar surface area (TPSA) is 50.4 Å². The first-order valence-corrected chi connectivity index (χ1v) is 6.64. The summed E-state index contributed by atoms with van der Waals surface area (Å²) in [5, 5.41) is 5.52. The van der Waals surface area contributed by atoms with Gasteiger partial charge in [0.15, 0.2) is 0 Å². The van der Waals surface area contributed by atoms with Crippen LogP contribution < -0.4 is 15.4 Å². The van der Waals surface area contributed by atoms with E-state index >= 15 is 0 Å². The van der Waals surface area contributed by atoms with Gasteiger partial charge in [0.05, 0.1) is 0 Å². The number of hydrogen-bond donors (Lipinski definition) is 2. The van der Waals surface area contributed by atoms with E-state index in [1.807, 2.05) is 49.4 Å². The van der Waals surface area contributed by atoms with Gasteiger partial charge in [-0.2, -0.15) is 0 Å². The Morgan fingerprint density at radius 2 is 1.71 bits per heavy atom. The molecule has 0 atom stereocenters. The van der Waals surface area contributed by atoms with Crippen LogP contribution in [0.5, 0.6) is 5.75 Å². The van der Waals surface area contributed by atoms with Crippen molar-refractivity contribution in [1.29, 1.82) is 0 Å². The highest BCUT2D eigenvalue weighted by molar-refractivity contribution is 5.99. The minimum Gasteiger partial charge on any atom is -0.489 e. The zero-order chi connectivity index (χ0) is 15.1. The SMILES string of the molecule is C=C(C)COc1cccc(NC(=O)Nc2ccccc2)c1. The van der Waals surface area contributed by atoms with E-state index in [1.54, 1.807) is 12.1 Å². The molecule has 0 saturated carbocycles. The van der Waals surface area contributed by atoms with Crippen LogP contribution in [-0.2, 0) is 0 Å². The fourth-order valence-corrected chi connectivity index (χ4v) is 1.69. The standard InChI is InChI=1S/C17H18N2O2/c1-13(2)12-21-16-10-6-9-15(11-16)19-17(20)18-14-7-4-3-5-8-14/h3-11H,1,12H2,2H3,(H2,18,19,20). The summed E-state index contributed by atoms with van der Waals surface area (Å²) < 4.78 is 5.54. The van der Waals surface area contributed by atoms with Crippen LogP contribution in [0.15, 0.2) is 66.7 Å². The van der Waals surface area contributed by atoms with Gasteiger partial charge in [-0.25, -0.2) is 4.79 Å². The lowest BCUT2D eigenvalue weighted by Crippen LogP contribution is -2.19. The molecule has 108 valence electrons. The third-order valence-corrected chi connectivity index (χ3v) is 2.61. The number of anilines is 2. The van der Waals surface area contributed by atoms with Gasteiger partial charge in [-0.15, -0.1) is 0 Å². The summed E-state index contributed by atoms with van der Waals surface area (Å²) in [6.07, 6.45) is 0. The van der Waals surface area contributed by atoms with Gasteiger partial charge in [0.25, 0.3) is 0 Å². The van der Waals surface area contributed by atoms with Gasteiger partial charge < -0.3 is 15.4 Å². The number of amides is 2. The molecule has 2 amide bonds. The Morgan fingerprint density at radius 3 is 2.43 bits per heavy atom. The Balaban J connectivity index is 1.94. The predicted molar refractivity (Wildman–Crippen MR) is 85.8 cm³/mol. The van der Waals surface area contributed by atoms with Crippen LogP contribution in [0.4, 0.5) is 16.2 Å². The van der Waals surface area contributed by atoms with Gasteiger partial charge in [-0.3, -0.25) is 0 Å². The largest absolute Gasteiger partial charge is 0.489 e. The second-order valence-corrected chi connectivity index (χ2v) is 4.72. The summed E-state index contributed by atoms with van der Waals surface area (Å²) in [6.45, 7) is 6.14. The van der Waals surface area contributed by atoms with Crippen molar-refractivity contribution in [3.8, 4) is 5.75 Å². The Hall–Kier alpha value is -2.75. The zero-order valence-corrected chi connectivity index (χ0v) is 11.9. The van der Waals surface area contributed by atoms with E-state index in [0.717, 1.165) is 11.3 Å². The average molecular weight is 282 g/mol. The molecule has 0 aliphatic heterocycles. The molecule has 0 bridgehead atoms. The zero-order valence-electron chi connectivity index (χ0n) is 11.9. The van der Waals surface area contributed by atoms with Crippen molar-refractivity contribution in [3.63, 3.8) is 0 Å². The number of urea groups is 1. The molecule has 0 radical (unpaired) electrons. The van der Waals surface area contributed by atoms with Crippen LogP contribution in [0, 0.1) is 0 Å². The predicted octanol–water partition coefficient (Wildman–Crippen LogP) is 4.29. The van der Waals surface area contributed by atoms with Gasteiger partial charge in [0, 0.05) is 17.4 Å². The van der Waals surface area contributed by atoms with Crippen LogP contribution in [0.1, 0.15) is 6.92 Å². The lowest BCUT2D eigenvalue weighted by atomic mass is 10.3. The molecule has 0 saturated heterocycles. The summed E-state index contributed by atoms with van der Waals surface area (Å²) >= 11 is 0. The van der Waals surface area contributed by atoms with E-state index in [4.69, 9.17) is 4.74 Å². The molecule has 0 aromatic heterocycles. The Kier molecular flexibility index (Phi) is 4.99. The smallest absolute Gasteiger partial charge is 0.323 e. The van der Waals surface area contributed by atoms with E-state index < -0.39 is 0 Å². The molecule has 2 rings (SSSR count). The highest BCUT2D eigenvalue weighted by Crippen LogP contribution is 2.18. The fourth-order valence-electron chi connectivity index (χ4n) is 1.69. The van der Waals surface area contributed by atoms with Crippen molar-refractivity contribution >= 4 is 17.4 Å². The first-order chi connectivity index (χ1) is 10.1. The van der Waals surface area contributed by atoms with Crippen LogP contribution in [0.3, 0.4) is 0 Å². The maximum Gasteiger partial charge on any atom is 0.323 e. The van der Waals surface area contributed by atoms with Crippen LogP contribution in [0.2, 0.25) is 0 Å². The van der Waals surface area contributed by atoms with Gasteiger partial charge >= 0.3 is 6.03 Å². The number of carbonyl (C=O) groups is 1. The lowest BCUT2D eigenvalue weighted by molar-refractivity contribution is 0.262. The third-order valence-electron chi connectivity index (χ3n) is 2.61. The van der Waals surface area contributed by atoms with Crippen molar-refractivity contribution in [2.24, 2.45) is 0 Å². The summed E-state index contributed by atoms with van der Waals surface area (Å²) in [6, 6.07) is 16.2. The Labute approximate surface area is 124 Å². The summed E-state index contributed by atoms with van der Waals surface area (Å²) in [5.74, 6) is 0.690. The van der Waals surface area contributed by atoms with Crippen molar-refractivity contribution in [2.45, 2.75) is 6.92 Å². The van der Waals surface area contributed by atoms with Gasteiger partial charge in [-0.1, -0.05) is 30.8 Å². The number of rotatable bonds is 5. The molecule has 21 heavy (non-hydrogen) atoms. The summed E-state index contributed by atoms with van der Waals surface area (Å²) in [7, 11) is 0. The maximum atomic E-state index is 11.9. The molecule has 0 aliphatic carbocycles. The first kappa shape index (κ1) is 14.7. The second-order valence-electron chi connectivity index (χ2n) is 4.72. The van der Waals surface area contributed by atoms with Crippen molar-refractivity contribution < 1.29 is 9.53 Å². The molecule has 0 spiro atoms. The average Bonchev–Trinajstić information content (AvgIpc) is 2.46. The number of ether oxygens (including phenoxy) is 1. The molecule has 2 N–H and O–H groups in total. The summed E-state index contributed by atoms with van der Waals surface area (Å²) in [5.41, 5.74) is 2.35. The number of para-hydroxylation sites is 1. The van der Waals surface area contributed by atoms with Crippen molar-refractivity contribution in [3.05, 3.63) is 66.7 Å². The van der Waals surface area contributed by atoms with Crippen molar-refractivity contribution in [1.82, 2.24) is 0 Å². The normalized spacial score (nSPS) is 9.76. The molecular weight excluding hydrogens is 264 g/mol. The first-order valence-electron chi connectivity index (χ1n) is 6.64. The number of benzene rings is 2. The van der Waals surface area contributed by atoms with Crippen LogP contribution in [0.25, 0.3) is 0 Å². The van der Waals surface area contributed by atoms with Crippen LogP contribution in [-0.4, -0.2) is 12.6 Å². The highest BCUT2D eigenvalue weighted by atomic mass is 16.5. The second kappa shape index (κ2) is 7.14. The van der Waals surface area contributed by atoms with E-state index in [-0.39, 0.29) is 6.03 Å². The molecular formula is C17H18N2O2. The van der Waals surface area contributed by atoms with Gasteiger partial charge in [0.1, 0.15) is 12.4 Å². The maximum absolute atomic E-state index is 11.9. The molecule has 4 nitrogen and oxygen atoms in total. The summed E-state index contributed by atoms with van der Waals surface area (Å²) in [4.78, 5) is 11.9. The minimum absolute atomic E-state index is 0.293. The molecule has 4 heteroatoms. The monoisotopic (exact) mass is 282 g/mol.